The Morgan fingerprint density at radius 1 is 0.833 bits per heavy atom. The number of rotatable bonds is 5. The van der Waals surface area contributed by atoms with Gasteiger partial charge in [0.05, 0.1) is 11.3 Å². The minimum atomic E-state index is -4.43. The van der Waals surface area contributed by atoms with Crippen LogP contribution in [-0.4, -0.2) is 4.98 Å². The van der Waals surface area contributed by atoms with Crippen LogP contribution < -0.4 is 0 Å². The minimum Gasteiger partial charge on any atom is -0.256 e. The number of alkyl halides is 3. The Balaban J connectivity index is 1.89. The number of halogens is 3. The van der Waals surface area contributed by atoms with E-state index in [-0.39, 0.29) is 5.56 Å². The summed E-state index contributed by atoms with van der Waals surface area (Å²) < 4.78 is 41.4. The molecule has 4 heteroatoms. The van der Waals surface area contributed by atoms with Crippen LogP contribution in [0.25, 0.3) is 33.2 Å². The Kier molecular flexibility index (Phi) is 5.58. The number of hydrogen-bond acceptors (Lipinski definition) is 1. The summed E-state index contributed by atoms with van der Waals surface area (Å²) in [6.07, 6.45) is 0.173. The Labute approximate surface area is 174 Å². The molecule has 1 nitrogen and oxygen atoms in total. The minimum absolute atomic E-state index is 0.188. The predicted octanol–water partition coefficient (Wildman–Crippen LogP) is 7.93. The highest BCUT2D eigenvalue weighted by molar-refractivity contribution is 5.95. The van der Waals surface area contributed by atoms with Gasteiger partial charge in [0, 0.05) is 17.1 Å². The molecule has 0 radical (unpaired) electrons. The summed E-state index contributed by atoms with van der Waals surface area (Å²) in [5.41, 5.74) is 2.56. The summed E-state index contributed by atoms with van der Waals surface area (Å²) in [5, 5.41) is 1.92. The third-order valence-electron chi connectivity index (χ3n) is 5.33. The lowest BCUT2D eigenvalue weighted by atomic mass is 9.93. The molecule has 0 aliphatic heterocycles. The number of benzene rings is 3. The molecule has 0 aliphatic carbocycles. The molecule has 0 N–H and O–H groups in total. The van der Waals surface area contributed by atoms with Crippen molar-refractivity contribution in [3.63, 3.8) is 0 Å². The van der Waals surface area contributed by atoms with Gasteiger partial charge in [-0.2, -0.15) is 13.2 Å². The molecule has 0 saturated carbocycles. The van der Waals surface area contributed by atoms with Gasteiger partial charge in [-0.25, -0.2) is 0 Å². The second-order valence-corrected chi connectivity index (χ2v) is 7.44. The van der Waals surface area contributed by atoms with Crippen LogP contribution in [0.2, 0.25) is 0 Å². The SMILES string of the molecule is CCCCc1cccc(-c2cc(-c3nccc4ccccc34)ccc2C(F)(F)F)c1. The molecule has 0 atom stereocenters. The molecule has 3 aromatic carbocycles. The fraction of sp³-hybridized carbons (Fsp3) is 0.192. The lowest BCUT2D eigenvalue weighted by Gasteiger charge is -2.16. The van der Waals surface area contributed by atoms with Gasteiger partial charge in [0.2, 0.25) is 0 Å². The van der Waals surface area contributed by atoms with Gasteiger partial charge in [-0.1, -0.05) is 67.9 Å². The summed E-state index contributed by atoms with van der Waals surface area (Å²) in [5.74, 6) is 0. The second kappa shape index (κ2) is 8.31. The van der Waals surface area contributed by atoms with Gasteiger partial charge in [0.25, 0.3) is 0 Å². The number of hydrogen-bond donors (Lipinski definition) is 0. The van der Waals surface area contributed by atoms with E-state index in [0.717, 1.165) is 35.6 Å². The van der Waals surface area contributed by atoms with E-state index in [1.54, 1.807) is 18.3 Å². The van der Waals surface area contributed by atoms with Crippen LogP contribution in [0.15, 0.2) is 79.0 Å². The molecule has 0 aliphatic rings. The Hall–Kier alpha value is -3.14. The molecule has 1 aromatic heterocycles. The van der Waals surface area contributed by atoms with Crippen LogP contribution in [0.5, 0.6) is 0 Å². The van der Waals surface area contributed by atoms with E-state index in [1.807, 2.05) is 48.5 Å². The third kappa shape index (κ3) is 4.09. The van der Waals surface area contributed by atoms with Crippen molar-refractivity contribution < 1.29 is 13.2 Å². The molecule has 4 rings (SSSR count). The fourth-order valence-corrected chi connectivity index (χ4v) is 3.80. The van der Waals surface area contributed by atoms with Crippen LogP contribution >= 0.6 is 0 Å². The van der Waals surface area contributed by atoms with E-state index in [1.165, 1.54) is 12.1 Å². The topological polar surface area (TPSA) is 12.9 Å². The van der Waals surface area contributed by atoms with Gasteiger partial charge >= 0.3 is 6.18 Å². The van der Waals surface area contributed by atoms with E-state index >= 15 is 0 Å². The summed E-state index contributed by atoms with van der Waals surface area (Å²) in [6, 6.07) is 21.4. The molecule has 0 unspecified atom stereocenters. The molecule has 0 fully saturated rings. The number of aromatic nitrogens is 1. The second-order valence-electron chi connectivity index (χ2n) is 7.44. The first-order chi connectivity index (χ1) is 14.5. The molecule has 152 valence electrons. The van der Waals surface area contributed by atoms with Crippen molar-refractivity contribution >= 4 is 10.8 Å². The van der Waals surface area contributed by atoms with Gasteiger partial charge in [-0.15, -0.1) is 0 Å². The highest BCUT2D eigenvalue weighted by Gasteiger charge is 2.34. The zero-order chi connectivity index (χ0) is 21.1. The maximum absolute atomic E-state index is 13.8. The Bertz CT molecular complexity index is 1170. The van der Waals surface area contributed by atoms with E-state index in [4.69, 9.17) is 0 Å². The number of nitrogens with zero attached hydrogens (tertiary/aromatic N) is 1. The van der Waals surface area contributed by atoms with E-state index < -0.39 is 11.7 Å². The zero-order valence-electron chi connectivity index (χ0n) is 16.7. The van der Waals surface area contributed by atoms with Crippen molar-refractivity contribution in [2.45, 2.75) is 32.4 Å². The van der Waals surface area contributed by atoms with Crippen LogP contribution in [-0.2, 0) is 12.6 Å². The first-order valence-electron chi connectivity index (χ1n) is 10.1. The third-order valence-corrected chi connectivity index (χ3v) is 5.33. The molecule has 0 saturated heterocycles. The molecule has 0 spiro atoms. The highest BCUT2D eigenvalue weighted by Crippen LogP contribution is 2.40. The van der Waals surface area contributed by atoms with Crippen molar-refractivity contribution in [2.75, 3.05) is 0 Å². The number of aryl methyl sites for hydroxylation is 1. The molecular formula is C26H22F3N. The number of pyridine rings is 1. The summed E-state index contributed by atoms with van der Waals surface area (Å²) in [7, 11) is 0. The first kappa shape index (κ1) is 20.1. The van der Waals surface area contributed by atoms with Gasteiger partial charge in [-0.05, 0) is 53.1 Å². The zero-order valence-corrected chi connectivity index (χ0v) is 16.7. The maximum Gasteiger partial charge on any atom is 0.417 e. The first-order valence-corrected chi connectivity index (χ1v) is 10.1. The van der Waals surface area contributed by atoms with Crippen molar-refractivity contribution in [3.8, 4) is 22.4 Å². The van der Waals surface area contributed by atoms with Crippen LogP contribution in [0.1, 0.15) is 30.9 Å². The highest BCUT2D eigenvalue weighted by atomic mass is 19.4. The molecular weight excluding hydrogens is 383 g/mol. The Morgan fingerprint density at radius 3 is 2.47 bits per heavy atom. The van der Waals surface area contributed by atoms with Crippen molar-refractivity contribution in [2.24, 2.45) is 0 Å². The van der Waals surface area contributed by atoms with Gasteiger partial charge in [0.1, 0.15) is 0 Å². The fourth-order valence-electron chi connectivity index (χ4n) is 3.80. The molecule has 1 heterocycles. The van der Waals surface area contributed by atoms with Crippen LogP contribution in [0.4, 0.5) is 13.2 Å². The lowest BCUT2D eigenvalue weighted by molar-refractivity contribution is -0.137. The molecule has 0 amide bonds. The van der Waals surface area contributed by atoms with Crippen molar-refractivity contribution in [1.29, 1.82) is 0 Å². The summed E-state index contributed by atoms with van der Waals surface area (Å²) in [4.78, 5) is 4.48. The molecule has 30 heavy (non-hydrogen) atoms. The number of fused-ring (bicyclic) bond motifs is 1. The number of unbranched alkanes of at least 4 members (excludes halogenated alkanes) is 1. The normalized spacial score (nSPS) is 11.7. The quantitative estimate of drug-likeness (QED) is 0.328. The van der Waals surface area contributed by atoms with E-state index in [0.29, 0.717) is 16.8 Å². The van der Waals surface area contributed by atoms with Gasteiger partial charge < -0.3 is 0 Å². The van der Waals surface area contributed by atoms with E-state index in [2.05, 4.69) is 11.9 Å². The summed E-state index contributed by atoms with van der Waals surface area (Å²) in [6.45, 7) is 2.10. The average molecular weight is 405 g/mol. The largest absolute Gasteiger partial charge is 0.417 e. The standard InChI is InChI=1S/C26H22F3N/c1-2-3-7-18-8-6-10-20(16-18)23-17-21(12-13-24(23)26(27,28)29)25-22-11-5-4-9-19(22)14-15-30-25/h4-6,8-17H,2-3,7H2,1H3. The van der Waals surface area contributed by atoms with Crippen molar-refractivity contribution in [1.82, 2.24) is 4.98 Å². The average Bonchev–Trinajstić information content (AvgIpc) is 2.76. The van der Waals surface area contributed by atoms with E-state index in [9.17, 15) is 13.2 Å². The smallest absolute Gasteiger partial charge is 0.256 e. The van der Waals surface area contributed by atoms with Gasteiger partial charge in [0.15, 0.2) is 0 Å². The predicted molar refractivity (Wildman–Crippen MR) is 116 cm³/mol. The van der Waals surface area contributed by atoms with Crippen molar-refractivity contribution in [3.05, 3.63) is 90.1 Å². The monoisotopic (exact) mass is 405 g/mol. The molecule has 0 bridgehead atoms. The van der Waals surface area contributed by atoms with Gasteiger partial charge in [-0.3, -0.25) is 4.98 Å². The summed E-state index contributed by atoms with van der Waals surface area (Å²) >= 11 is 0. The van der Waals surface area contributed by atoms with Crippen LogP contribution in [0, 0.1) is 0 Å². The Morgan fingerprint density at radius 2 is 1.67 bits per heavy atom. The molecule has 4 aromatic rings. The lowest BCUT2D eigenvalue weighted by Crippen LogP contribution is -2.07. The maximum atomic E-state index is 13.8. The van der Waals surface area contributed by atoms with Crippen LogP contribution in [0.3, 0.4) is 0 Å².